The molecule has 1 unspecified atom stereocenters. The second-order valence-electron chi connectivity index (χ2n) is 6.11. The van der Waals surface area contributed by atoms with Crippen LogP contribution in [0.2, 0.25) is 0 Å². The van der Waals surface area contributed by atoms with E-state index in [-0.39, 0.29) is 35.6 Å². The lowest BCUT2D eigenvalue weighted by Crippen LogP contribution is -2.40. The number of nitrogens with one attached hydrogen (secondary N) is 3. The van der Waals surface area contributed by atoms with Crippen LogP contribution in [-0.4, -0.2) is 56.0 Å². The summed E-state index contributed by atoms with van der Waals surface area (Å²) < 4.78 is 23.0. The third-order valence-electron chi connectivity index (χ3n) is 4.33. The van der Waals surface area contributed by atoms with Gasteiger partial charge in [0.2, 0.25) is 0 Å². The number of rotatable bonds is 5. The molecule has 3 rings (SSSR count). The highest BCUT2D eigenvalue weighted by Crippen LogP contribution is 2.17. The molecule has 0 amide bonds. The highest BCUT2D eigenvalue weighted by atomic mass is 127. The van der Waals surface area contributed by atoms with E-state index in [4.69, 9.17) is 0 Å². The molecule has 0 radical (unpaired) electrons. The fourth-order valence-electron chi connectivity index (χ4n) is 3.03. The van der Waals surface area contributed by atoms with Crippen LogP contribution in [0.5, 0.6) is 0 Å². The van der Waals surface area contributed by atoms with Crippen molar-refractivity contribution >= 4 is 50.8 Å². The van der Waals surface area contributed by atoms with Gasteiger partial charge in [0.1, 0.15) is 5.65 Å². The number of halogens is 1. The van der Waals surface area contributed by atoms with Crippen LogP contribution in [0, 0.1) is 5.92 Å². The number of pyridine rings is 1. The Balaban J connectivity index is 0.00000225. The minimum Gasteiger partial charge on any atom is -0.356 e. The molecule has 25 heavy (non-hydrogen) atoms. The zero-order valence-electron chi connectivity index (χ0n) is 14.2. The van der Waals surface area contributed by atoms with Crippen molar-refractivity contribution in [3.8, 4) is 0 Å². The SMILES string of the molecule is CN=C(NCCc1c[nH]c2ncccc12)NCC1CCS(=O)(=O)C1.I. The van der Waals surface area contributed by atoms with Gasteiger partial charge in [-0.3, -0.25) is 4.99 Å². The van der Waals surface area contributed by atoms with Gasteiger partial charge < -0.3 is 15.6 Å². The molecule has 0 aliphatic carbocycles. The number of aliphatic imine (C=N–C) groups is 1. The summed E-state index contributed by atoms with van der Waals surface area (Å²) in [4.78, 5) is 11.6. The van der Waals surface area contributed by atoms with E-state index in [1.165, 1.54) is 5.56 Å². The minimum atomic E-state index is -2.83. The quantitative estimate of drug-likeness (QED) is 0.343. The van der Waals surface area contributed by atoms with Crippen LogP contribution in [0.3, 0.4) is 0 Å². The van der Waals surface area contributed by atoms with Crippen LogP contribution in [0.15, 0.2) is 29.5 Å². The van der Waals surface area contributed by atoms with Crippen molar-refractivity contribution in [1.82, 2.24) is 20.6 Å². The number of nitrogens with zero attached hydrogens (tertiary/aromatic N) is 2. The first-order chi connectivity index (χ1) is 11.6. The van der Waals surface area contributed by atoms with Gasteiger partial charge in [-0.1, -0.05) is 0 Å². The highest BCUT2D eigenvalue weighted by Gasteiger charge is 2.27. The van der Waals surface area contributed by atoms with Gasteiger partial charge in [0.05, 0.1) is 11.5 Å². The number of hydrogen-bond donors (Lipinski definition) is 3. The monoisotopic (exact) mass is 477 g/mol. The zero-order valence-corrected chi connectivity index (χ0v) is 17.3. The van der Waals surface area contributed by atoms with Gasteiger partial charge in [-0.15, -0.1) is 24.0 Å². The lowest BCUT2D eigenvalue weighted by Gasteiger charge is -2.14. The minimum absolute atomic E-state index is 0. The molecule has 1 saturated heterocycles. The lowest BCUT2D eigenvalue weighted by molar-refractivity contribution is 0.567. The summed E-state index contributed by atoms with van der Waals surface area (Å²) in [5.74, 6) is 1.46. The summed E-state index contributed by atoms with van der Waals surface area (Å²) in [6, 6.07) is 3.99. The molecule has 0 bridgehead atoms. The molecule has 0 saturated carbocycles. The highest BCUT2D eigenvalue weighted by molar-refractivity contribution is 14.0. The lowest BCUT2D eigenvalue weighted by atomic mass is 10.1. The molecular formula is C16H24IN5O2S. The summed E-state index contributed by atoms with van der Waals surface area (Å²) in [5.41, 5.74) is 2.11. The Morgan fingerprint density at radius 1 is 1.44 bits per heavy atom. The van der Waals surface area contributed by atoms with Crippen LogP contribution in [0.25, 0.3) is 11.0 Å². The second-order valence-corrected chi connectivity index (χ2v) is 8.34. The zero-order chi connectivity index (χ0) is 17.0. The molecule has 1 atom stereocenters. The molecule has 1 fully saturated rings. The number of aromatic nitrogens is 2. The Morgan fingerprint density at radius 2 is 2.28 bits per heavy atom. The van der Waals surface area contributed by atoms with Crippen molar-refractivity contribution < 1.29 is 8.42 Å². The number of aromatic amines is 1. The van der Waals surface area contributed by atoms with E-state index in [0.29, 0.717) is 18.3 Å². The second kappa shape index (κ2) is 8.84. The Hall–Kier alpha value is -1.36. The summed E-state index contributed by atoms with van der Waals surface area (Å²) in [6.07, 6.45) is 5.34. The fraction of sp³-hybridized carbons (Fsp3) is 0.500. The maximum Gasteiger partial charge on any atom is 0.190 e. The largest absolute Gasteiger partial charge is 0.356 e. The molecule has 138 valence electrons. The van der Waals surface area contributed by atoms with Crippen LogP contribution in [-0.2, 0) is 16.3 Å². The number of guanidine groups is 1. The normalized spacial score (nSPS) is 19.6. The Labute approximate surface area is 165 Å². The number of fused-ring (bicyclic) bond motifs is 1. The van der Waals surface area contributed by atoms with Crippen molar-refractivity contribution in [3.05, 3.63) is 30.1 Å². The maximum absolute atomic E-state index is 11.5. The molecule has 3 N–H and O–H groups in total. The van der Waals surface area contributed by atoms with Gasteiger partial charge in [0, 0.05) is 37.9 Å². The van der Waals surface area contributed by atoms with Gasteiger partial charge in [-0.25, -0.2) is 13.4 Å². The molecule has 1 aliphatic heterocycles. The van der Waals surface area contributed by atoms with E-state index in [1.54, 1.807) is 13.2 Å². The van der Waals surface area contributed by atoms with E-state index in [1.807, 2.05) is 12.3 Å². The predicted molar refractivity (Wildman–Crippen MR) is 111 cm³/mol. The molecule has 0 aromatic carbocycles. The molecule has 0 spiro atoms. The first kappa shape index (κ1) is 20.0. The average Bonchev–Trinajstić information content (AvgIpc) is 3.14. The van der Waals surface area contributed by atoms with Crippen LogP contribution < -0.4 is 10.6 Å². The molecule has 7 nitrogen and oxygen atoms in total. The third kappa shape index (κ3) is 5.30. The Bertz CT molecular complexity index is 834. The van der Waals surface area contributed by atoms with E-state index >= 15 is 0 Å². The van der Waals surface area contributed by atoms with Crippen molar-refractivity contribution in [3.63, 3.8) is 0 Å². The smallest absolute Gasteiger partial charge is 0.190 e. The molecule has 2 aromatic rings. The molecular weight excluding hydrogens is 453 g/mol. The van der Waals surface area contributed by atoms with Gasteiger partial charge in [-0.05, 0) is 36.5 Å². The van der Waals surface area contributed by atoms with Crippen LogP contribution in [0.4, 0.5) is 0 Å². The van der Waals surface area contributed by atoms with E-state index in [0.717, 1.165) is 30.4 Å². The van der Waals surface area contributed by atoms with E-state index in [2.05, 4.69) is 31.7 Å². The summed E-state index contributed by atoms with van der Waals surface area (Å²) in [6.45, 7) is 1.38. The molecule has 1 aliphatic rings. The Kier molecular flexibility index (Phi) is 7.05. The van der Waals surface area contributed by atoms with E-state index in [9.17, 15) is 8.42 Å². The number of H-pyrrole nitrogens is 1. The van der Waals surface area contributed by atoms with Crippen molar-refractivity contribution in [1.29, 1.82) is 0 Å². The first-order valence-corrected chi connectivity index (χ1v) is 9.95. The standard InChI is InChI=1S/C16H23N5O2S.HI/c1-17-16(21-9-12-5-8-24(22,23)11-12)19-7-4-13-10-20-15-14(13)3-2-6-18-15;/h2-3,6,10,12H,4-5,7-9,11H2,1H3,(H,18,20)(H2,17,19,21);1H. The number of hydrogen-bond acceptors (Lipinski definition) is 4. The van der Waals surface area contributed by atoms with Gasteiger partial charge >= 0.3 is 0 Å². The Morgan fingerprint density at radius 3 is 3.00 bits per heavy atom. The van der Waals surface area contributed by atoms with Gasteiger partial charge in [0.25, 0.3) is 0 Å². The maximum atomic E-state index is 11.5. The first-order valence-electron chi connectivity index (χ1n) is 8.13. The molecule has 9 heteroatoms. The summed E-state index contributed by atoms with van der Waals surface area (Å²) >= 11 is 0. The van der Waals surface area contributed by atoms with Crippen molar-refractivity contribution in [2.75, 3.05) is 31.6 Å². The topological polar surface area (TPSA) is 99.2 Å². The summed E-state index contributed by atoms with van der Waals surface area (Å²) in [5, 5.41) is 7.63. The number of sulfone groups is 1. The van der Waals surface area contributed by atoms with Crippen LogP contribution in [0.1, 0.15) is 12.0 Å². The van der Waals surface area contributed by atoms with Gasteiger partial charge in [-0.2, -0.15) is 0 Å². The van der Waals surface area contributed by atoms with Crippen molar-refractivity contribution in [2.24, 2.45) is 10.9 Å². The third-order valence-corrected chi connectivity index (χ3v) is 6.17. The average molecular weight is 477 g/mol. The van der Waals surface area contributed by atoms with Crippen LogP contribution >= 0.6 is 24.0 Å². The molecule has 3 heterocycles. The molecule has 2 aromatic heterocycles. The predicted octanol–water partition coefficient (Wildman–Crippen LogP) is 1.32. The summed E-state index contributed by atoms with van der Waals surface area (Å²) in [7, 11) is -1.11. The van der Waals surface area contributed by atoms with E-state index < -0.39 is 9.84 Å². The van der Waals surface area contributed by atoms with Crippen molar-refractivity contribution in [2.45, 2.75) is 12.8 Å². The fourth-order valence-corrected chi connectivity index (χ4v) is 4.89. The van der Waals surface area contributed by atoms with Gasteiger partial charge in [0.15, 0.2) is 15.8 Å².